The van der Waals surface area contributed by atoms with Crippen molar-refractivity contribution < 1.29 is 13.0 Å². The van der Waals surface area contributed by atoms with Crippen molar-refractivity contribution in [1.82, 2.24) is 4.98 Å². The van der Waals surface area contributed by atoms with E-state index in [1.165, 1.54) is 12.1 Å². The number of anilines is 1. The fraction of sp³-hybridized carbons (Fsp3) is 0.211. The van der Waals surface area contributed by atoms with Gasteiger partial charge in [0.05, 0.1) is 0 Å². The SMILES string of the molecule is O=S1CCN(c2ccc(-c3coc(-c4ccc(F)cc4)n3)cc2)CC1. The first-order valence-corrected chi connectivity index (χ1v) is 9.60. The van der Waals surface area contributed by atoms with Gasteiger partial charge in [0.15, 0.2) is 0 Å². The Hall–Kier alpha value is -2.47. The van der Waals surface area contributed by atoms with Gasteiger partial charge < -0.3 is 9.32 Å². The topological polar surface area (TPSA) is 46.3 Å². The second-order valence-electron chi connectivity index (χ2n) is 5.93. The molecule has 0 N–H and O–H groups in total. The average molecular weight is 356 g/mol. The van der Waals surface area contributed by atoms with Gasteiger partial charge in [-0.05, 0) is 36.4 Å². The van der Waals surface area contributed by atoms with Gasteiger partial charge in [-0.3, -0.25) is 4.21 Å². The van der Waals surface area contributed by atoms with E-state index in [9.17, 15) is 8.60 Å². The van der Waals surface area contributed by atoms with Crippen LogP contribution in [0.1, 0.15) is 0 Å². The molecule has 0 atom stereocenters. The van der Waals surface area contributed by atoms with Crippen molar-refractivity contribution in [2.24, 2.45) is 0 Å². The van der Waals surface area contributed by atoms with Crippen LogP contribution in [0.3, 0.4) is 0 Å². The number of oxazole rings is 1. The summed E-state index contributed by atoms with van der Waals surface area (Å²) in [5.41, 5.74) is 3.57. The number of hydrogen-bond acceptors (Lipinski definition) is 4. The Kier molecular flexibility index (Phi) is 4.36. The quantitative estimate of drug-likeness (QED) is 0.718. The van der Waals surface area contributed by atoms with Crippen molar-refractivity contribution in [3.05, 3.63) is 60.6 Å². The highest BCUT2D eigenvalue weighted by Gasteiger charge is 2.16. The molecular formula is C19H17FN2O2S. The molecule has 0 saturated carbocycles. The number of rotatable bonds is 3. The molecule has 2 aromatic carbocycles. The summed E-state index contributed by atoms with van der Waals surface area (Å²) in [6.45, 7) is 1.65. The molecule has 1 aromatic heterocycles. The van der Waals surface area contributed by atoms with Crippen LogP contribution in [-0.2, 0) is 10.8 Å². The van der Waals surface area contributed by atoms with Gasteiger partial charge >= 0.3 is 0 Å². The lowest BCUT2D eigenvalue weighted by Gasteiger charge is -2.28. The molecule has 1 fully saturated rings. The molecule has 1 aliphatic rings. The molecule has 25 heavy (non-hydrogen) atoms. The van der Waals surface area contributed by atoms with Crippen LogP contribution in [0, 0.1) is 5.82 Å². The van der Waals surface area contributed by atoms with Gasteiger partial charge in [0.1, 0.15) is 17.8 Å². The van der Waals surface area contributed by atoms with E-state index in [1.54, 1.807) is 18.4 Å². The first kappa shape index (κ1) is 16.0. The minimum atomic E-state index is -0.673. The van der Waals surface area contributed by atoms with Crippen molar-refractivity contribution in [3.8, 4) is 22.7 Å². The Bertz CT molecular complexity index is 881. The molecule has 0 bridgehead atoms. The summed E-state index contributed by atoms with van der Waals surface area (Å²) < 4.78 is 30.0. The minimum Gasteiger partial charge on any atom is -0.444 e. The van der Waals surface area contributed by atoms with Crippen molar-refractivity contribution in [1.29, 1.82) is 0 Å². The summed E-state index contributed by atoms with van der Waals surface area (Å²) in [6.07, 6.45) is 1.61. The third-order valence-electron chi connectivity index (χ3n) is 4.30. The summed E-state index contributed by atoms with van der Waals surface area (Å²) in [6, 6.07) is 14.2. The lowest BCUT2D eigenvalue weighted by Crippen LogP contribution is -2.37. The fourth-order valence-corrected chi connectivity index (χ4v) is 3.92. The van der Waals surface area contributed by atoms with E-state index < -0.39 is 10.8 Å². The zero-order chi connectivity index (χ0) is 17.2. The van der Waals surface area contributed by atoms with Gasteiger partial charge in [0, 0.05) is 52.2 Å². The van der Waals surface area contributed by atoms with Crippen molar-refractivity contribution in [3.63, 3.8) is 0 Å². The van der Waals surface area contributed by atoms with E-state index in [0.29, 0.717) is 5.89 Å². The Morgan fingerprint density at radius 1 is 0.960 bits per heavy atom. The molecule has 128 valence electrons. The molecule has 1 aliphatic heterocycles. The van der Waals surface area contributed by atoms with E-state index in [0.717, 1.165) is 47.1 Å². The molecule has 4 nitrogen and oxygen atoms in total. The smallest absolute Gasteiger partial charge is 0.226 e. The van der Waals surface area contributed by atoms with E-state index in [4.69, 9.17) is 4.42 Å². The van der Waals surface area contributed by atoms with Gasteiger partial charge in [0.25, 0.3) is 0 Å². The van der Waals surface area contributed by atoms with Crippen LogP contribution in [0.5, 0.6) is 0 Å². The van der Waals surface area contributed by atoms with Crippen LogP contribution in [0.2, 0.25) is 0 Å². The van der Waals surface area contributed by atoms with Crippen LogP contribution in [0.4, 0.5) is 10.1 Å². The van der Waals surface area contributed by atoms with E-state index in [2.05, 4.69) is 22.0 Å². The molecule has 0 aliphatic carbocycles. The molecule has 3 aromatic rings. The summed E-state index contributed by atoms with van der Waals surface area (Å²) >= 11 is 0. The van der Waals surface area contributed by atoms with E-state index in [1.807, 2.05) is 12.1 Å². The molecule has 0 radical (unpaired) electrons. The maximum atomic E-state index is 13.0. The van der Waals surface area contributed by atoms with Crippen LogP contribution >= 0.6 is 0 Å². The summed E-state index contributed by atoms with van der Waals surface area (Å²) in [5.74, 6) is 1.64. The largest absolute Gasteiger partial charge is 0.444 e. The zero-order valence-electron chi connectivity index (χ0n) is 13.5. The van der Waals surface area contributed by atoms with Gasteiger partial charge in [-0.15, -0.1) is 0 Å². The molecular weight excluding hydrogens is 339 g/mol. The number of nitrogens with zero attached hydrogens (tertiary/aromatic N) is 2. The van der Waals surface area contributed by atoms with E-state index in [-0.39, 0.29) is 5.82 Å². The molecule has 6 heteroatoms. The van der Waals surface area contributed by atoms with Crippen molar-refractivity contribution in [2.75, 3.05) is 29.5 Å². The average Bonchev–Trinajstić information content (AvgIpc) is 3.13. The highest BCUT2D eigenvalue weighted by molar-refractivity contribution is 7.85. The van der Waals surface area contributed by atoms with Gasteiger partial charge in [-0.2, -0.15) is 0 Å². The van der Waals surface area contributed by atoms with Crippen LogP contribution in [-0.4, -0.2) is 33.8 Å². The Balaban J connectivity index is 1.52. The number of hydrogen-bond donors (Lipinski definition) is 0. The van der Waals surface area contributed by atoms with Crippen LogP contribution in [0.15, 0.2) is 59.2 Å². The zero-order valence-corrected chi connectivity index (χ0v) is 14.3. The van der Waals surface area contributed by atoms with Crippen LogP contribution < -0.4 is 4.90 Å². The first-order valence-electron chi connectivity index (χ1n) is 8.11. The normalized spacial score (nSPS) is 15.5. The molecule has 4 rings (SSSR count). The summed E-state index contributed by atoms with van der Waals surface area (Å²) in [4.78, 5) is 6.74. The highest BCUT2D eigenvalue weighted by atomic mass is 32.2. The second kappa shape index (κ2) is 6.80. The highest BCUT2D eigenvalue weighted by Crippen LogP contribution is 2.27. The standard InChI is InChI=1S/C19H17FN2O2S/c20-16-5-1-15(2-6-16)19-21-18(13-24-19)14-3-7-17(8-4-14)22-9-11-25(23)12-10-22/h1-8,13H,9-12H2. The number of benzene rings is 2. The Labute approximate surface area is 147 Å². The molecule has 0 amide bonds. The monoisotopic (exact) mass is 356 g/mol. The number of aromatic nitrogens is 1. The fourth-order valence-electron chi connectivity index (χ4n) is 2.87. The molecule has 2 heterocycles. The third kappa shape index (κ3) is 3.49. The molecule has 1 saturated heterocycles. The number of halogens is 1. The van der Waals surface area contributed by atoms with Gasteiger partial charge in [-0.1, -0.05) is 12.1 Å². The predicted octanol–water partition coefficient (Wildman–Crippen LogP) is 3.72. The van der Waals surface area contributed by atoms with Crippen LogP contribution in [0.25, 0.3) is 22.7 Å². The maximum Gasteiger partial charge on any atom is 0.226 e. The lowest BCUT2D eigenvalue weighted by molar-refractivity contribution is 0.574. The van der Waals surface area contributed by atoms with Crippen molar-refractivity contribution in [2.45, 2.75) is 0 Å². The summed E-state index contributed by atoms with van der Waals surface area (Å²) in [7, 11) is -0.673. The third-order valence-corrected chi connectivity index (χ3v) is 5.58. The van der Waals surface area contributed by atoms with Gasteiger partial charge in [0.2, 0.25) is 5.89 Å². The Morgan fingerprint density at radius 2 is 1.60 bits per heavy atom. The summed E-state index contributed by atoms with van der Waals surface area (Å²) in [5, 5.41) is 0. The van der Waals surface area contributed by atoms with Crippen molar-refractivity contribution >= 4 is 16.5 Å². The second-order valence-corrected chi connectivity index (χ2v) is 7.62. The molecule has 0 unspecified atom stereocenters. The molecule has 0 spiro atoms. The minimum absolute atomic E-state index is 0.285. The van der Waals surface area contributed by atoms with Gasteiger partial charge in [-0.25, -0.2) is 9.37 Å². The predicted molar refractivity (Wildman–Crippen MR) is 97.4 cm³/mol. The maximum absolute atomic E-state index is 13.0. The van der Waals surface area contributed by atoms with E-state index >= 15 is 0 Å². The first-order chi connectivity index (χ1) is 12.2. The lowest BCUT2D eigenvalue weighted by atomic mass is 10.1. The Morgan fingerprint density at radius 3 is 2.28 bits per heavy atom.